The van der Waals surface area contributed by atoms with Crippen LogP contribution in [0, 0.1) is 19.3 Å². The summed E-state index contributed by atoms with van der Waals surface area (Å²) >= 11 is 0. The fourth-order valence-electron chi connectivity index (χ4n) is 6.77. The number of carbonyl (C=O) groups is 1. The number of aryl methyl sites for hydroxylation is 2. The van der Waals surface area contributed by atoms with Crippen LogP contribution in [0.25, 0.3) is 0 Å². The molecular formula is C49H56O8. The Morgan fingerprint density at radius 3 is 1.65 bits per heavy atom. The lowest BCUT2D eigenvalue weighted by molar-refractivity contribution is -0.322. The van der Waals surface area contributed by atoms with Gasteiger partial charge < -0.3 is 33.2 Å². The molecule has 1 heterocycles. The predicted octanol–water partition coefficient (Wildman–Crippen LogP) is 9.73. The standard InChI is InChI=1S/C49H56O8/c1-36-26-27-37(2)42(30-36)52-29-17-28-49(3,4)48(50)57-47-46(55-34-41-24-15-8-16-25-41)45(54-33-40-22-13-7-14-23-40)44(53-32-39-20-11-6-12-21-39)43(56-47)35-51-31-38-18-9-5-10-19-38/h5-16,18-27,30,43-47H,17,28-29,31-35H2,1-4H3/t43-,44-,45+,46-,47-/m1/s1. The number of esters is 1. The summed E-state index contributed by atoms with van der Waals surface area (Å²) in [5, 5.41) is 0. The second kappa shape index (κ2) is 21.1. The van der Waals surface area contributed by atoms with Crippen molar-refractivity contribution in [1.29, 1.82) is 0 Å². The third-order valence-corrected chi connectivity index (χ3v) is 10.2. The van der Waals surface area contributed by atoms with E-state index in [2.05, 4.69) is 12.1 Å². The van der Waals surface area contributed by atoms with Crippen molar-refractivity contribution in [3.05, 3.63) is 173 Å². The summed E-state index contributed by atoms with van der Waals surface area (Å²) in [5.41, 5.74) is 5.35. The van der Waals surface area contributed by atoms with Crippen LogP contribution in [0.15, 0.2) is 140 Å². The number of hydrogen-bond acceptors (Lipinski definition) is 8. The minimum Gasteiger partial charge on any atom is -0.493 e. The molecule has 300 valence electrons. The van der Waals surface area contributed by atoms with Crippen molar-refractivity contribution < 1.29 is 38.0 Å². The summed E-state index contributed by atoms with van der Waals surface area (Å²) < 4.78 is 45.8. The molecule has 0 bridgehead atoms. The number of benzene rings is 5. The van der Waals surface area contributed by atoms with Gasteiger partial charge in [0, 0.05) is 0 Å². The first-order chi connectivity index (χ1) is 27.7. The lowest BCUT2D eigenvalue weighted by Gasteiger charge is -2.46. The van der Waals surface area contributed by atoms with Gasteiger partial charge in [-0.1, -0.05) is 133 Å². The van der Waals surface area contributed by atoms with E-state index >= 15 is 0 Å². The molecular weight excluding hydrogens is 717 g/mol. The van der Waals surface area contributed by atoms with Crippen molar-refractivity contribution in [3.63, 3.8) is 0 Å². The highest BCUT2D eigenvalue weighted by molar-refractivity contribution is 5.76. The Labute approximate surface area is 338 Å². The molecule has 8 nitrogen and oxygen atoms in total. The Kier molecular flexibility index (Phi) is 15.5. The monoisotopic (exact) mass is 772 g/mol. The Morgan fingerprint density at radius 2 is 1.11 bits per heavy atom. The Morgan fingerprint density at radius 1 is 0.614 bits per heavy atom. The summed E-state index contributed by atoms with van der Waals surface area (Å²) in [5.74, 6) is 0.456. The van der Waals surface area contributed by atoms with Crippen LogP contribution in [0.5, 0.6) is 5.75 Å². The Balaban J connectivity index is 1.25. The van der Waals surface area contributed by atoms with Gasteiger partial charge in [0.05, 0.1) is 45.1 Å². The van der Waals surface area contributed by atoms with Crippen molar-refractivity contribution in [3.8, 4) is 5.75 Å². The molecule has 5 aromatic carbocycles. The van der Waals surface area contributed by atoms with Gasteiger partial charge in [0.1, 0.15) is 30.2 Å². The molecule has 1 aliphatic heterocycles. The third kappa shape index (κ3) is 12.6. The molecule has 0 saturated carbocycles. The minimum absolute atomic E-state index is 0.165. The normalized spacial score (nSPS) is 19.5. The van der Waals surface area contributed by atoms with Gasteiger partial charge >= 0.3 is 5.97 Å². The van der Waals surface area contributed by atoms with Gasteiger partial charge in [0.2, 0.25) is 6.29 Å². The van der Waals surface area contributed by atoms with Crippen LogP contribution in [0.4, 0.5) is 0 Å². The summed E-state index contributed by atoms with van der Waals surface area (Å²) in [4.78, 5) is 14.2. The van der Waals surface area contributed by atoms with E-state index in [9.17, 15) is 4.79 Å². The maximum atomic E-state index is 14.2. The van der Waals surface area contributed by atoms with E-state index < -0.39 is 42.1 Å². The van der Waals surface area contributed by atoms with Crippen LogP contribution in [0.3, 0.4) is 0 Å². The van der Waals surface area contributed by atoms with Gasteiger partial charge in [0.15, 0.2) is 0 Å². The topological polar surface area (TPSA) is 81.7 Å². The molecule has 5 atom stereocenters. The fraction of sp³-hybridized carbons (Fsp3) is 0.367. The van der Waals surface area contributed by atoms with Gasteiger partial charge in [0.25, 0.3) is 0 Å². The maximum absolute atomic E-state index is 14.2. The minimum atomic E-state index is -1.12. The number of rotatable bonds is 20. The lowest BCUT2D eigenvalue weighted by Crippen LogP contribution is -2.62. The van der Waals surface area contributed by atoms with Gasteiger partial charge in [-0.3, -0.25) is 4.79 Å². The van der Waals surface area contributed by atoms with E-state index in [0.29, 0.717) is 32.7 Å². The molecule has 57 heavy (non-hydrogen) atoms. The summed E-state index contributed by atoms with van der Waals surface area (Å²) in [6.45, 7) is 9.71. The molecule has 6 rings (SSSR count). The zero-order valence-electron chi connectivity index (χ0n) is 33.6. The first-order valence-corrected chi connectivity index (χ1v) is 19.9. The summed E-state index contributed by atoms with van der Waals surface area (Å²) in [6.07, 6.45) is -2.77. The van der Waals surface area contributed by atoms with Gasteiger partial charge in [-0.2, -0.15) is 0 Å². The van der Waals surface area contributed by atoms with Crippen molar-refractivity contribution >= 4 is 5.97 Å². The molecule has 0 aromatic heterocycles. The Hall–Kier alpha value is -4.83. The second-order valence-electron chi connectivity index (χ2n) is 15.3. The number of ether oxygens (including phenoxy) is 7. The van der Waals surface area contributed by atoms with E-state index in [0.717, 1.165) is 39.1 Å². The lowest BCUT2D eigenvalue weighted by atomic mass is 9.88. The number of carbonyl (C=O) groups excluding carboxylic acids is 1. The molecule has 0 amide bonds. The first-order valence-electron chi connectivity index (χ1n) is 19.9. The van der Waals surface area contributed by atoms with E-state index in [4.69, 9.17) is 33.2 Å². The average molecular weight is 773 g/mol. The zero-order chi connectivity index (χ0) is 39.9. The molecule has 5 aromatic rings. The van der Waals surface area contributed by atoms with E-state index in [-0.39, 0.29) is 19.8 Å². The SMILES string of the molecule is Cc1ccc(C)c(OCCCC(C)(C)C(=O)O[C@H]2O[C@H](COCc3ccccc3)[C@@H](OCc3ccccc3)[C@H](OCc3ccccc3)[C@H]2OCc2ccccc2)c1. The van der Waals surface area contributed by atoms with E-state index in [1.165, 1.54) is 0 Å². The summed E-state index contributed by atoms with van der Waals surface area (Å²) in [7, 11) is 0. The average Bonchev–Trinajstić information content (AvgIpc) is 3.23. The highest BCUT2D eigenvalue weighted by atomic mass is 16.7. The molecule has 0 unspecified atom stereocenters. The molecule has 1 saturated heterocycles. The van der Waals surface area contributed by atoms with Crippen LogP contribution in [-0.2, 0) is 59.6 Å². The van der Waals surface area contributed by atoms with Crippen LogP contribution >= 0.6 is 0 Å². The van der Waals surface area contributed by atoms with E-state index in [1.54, 1.807) is 0 Å². The van der Waals surface area contributed by atoms with Crippen molar-refractivity contribution in [2.24, 2.45) is 5.41 Å². The molecule has 0 aliphatic carbocycles. The van der Waals surface area contributed by atoms with E-state index in [1.807, 2.05) is 155 Å². The molecule has 1 fully saturated rings. The molecule has 8 heteroatoms. The Bertz CT molecular complexity index is 1920. The van der Waals surface area contributed by atoms with Crippen molar-refractivity contribution in [2.45, 2.75) is 97.7 Å². The van der Waals surface area contributed by atoms with Crippen molar-refractivity contribution in [1.82, 2.24) is 0 Å². The maximum Gasteiger partial charge on any atom is 0.313 e. The third-order valence-electron chi connectivity index (χ3n) is 10.2. The highest BCUT2D eigenvalue weighted by Crippen LogP contribution is 2.34. The molecule has 1 aliphatic rings. The van der Waals surface area contributed by atoms with Crippen LogP contribution in [-0.4, -0.2) is 49.9 Å². The highest BCUT2D eigenvalue weighted by Gasteiger charge is 2.51. The molecule has 0 N–H and O–H groups in total. The predicted molar refractivity (Wildman–Crippen MR) is 220 cm³/mol. The zero-order valence-corrected chi connectivity index (χ0v) is 33.6. The fourth-order valence-corrected chi connectivity index (χ4v) is 6.77. The quantitative estimate of drug-likeness (QED) is 0.0572. The van der Waals surface area contributed by atoms with Crippen LogP contribution in [0.1, 0.15) is 60.1 Å². The second-order valence-corrected chi connectivity index (χ2v) is 15.3. The summed E-state index contributed by atoms with van der Waals surface area (Å²) in [6, 6.07) is 46.0. The number of hydrogen-bond donors (Lipinski definition) is 0. The largest absolute Gasteiger partial charge is 0.493 e. The van der Waals surface area contributed by atoms with Crippen LogP contribution in [0.2, 0.25) is 0 Å². The van der Waals surface area contributed by atoms with Gasteiger partial charge in [-0.15, -0.1) is 0 Å². The van der Waals surface area contributed by atoms with Gasteiger partial charge in [-0.05, 0) is 80.0 Å². The van der Waals surface area contributed by atoms with Gasteiger partial charge in [-0.25, -0.2) is 0 Å². The molecule has 0 spiro atoms. The smallest absolute Gasteiger partial charge is 0.313 e. The molecule has 0 radical (unpaired) electrons. The van der Waals surface area contributed by atoms with Crippen molar-refractivity contribution in [2.75, 3.05) is 13.2 Å². The van der Waals surface area contributed by atoms with Crippen LogP contribution < -0.4 is 4.74 Å². The first kappa shape index (κ1) is 41.8.